The number of pyridine rings is 1. The standard InChI is InChI=1S/C9H9N3O2/c1-2-14-9(13)8(12-10)7-3-5-11-6-4-7/h3-6H,2H2,1H3. The normalized spacial score (nSPS) is 8.93. The fraction of sp³-hybridized carbons (Fsp3) is 0.222. The molecule has 0 atom stereocenters. The van der Waals surface area contributed by atoms with Crippen molar-refractivity contribution in [3.8, 4) is 0 Å². The van der Waals surface area contributed by atoms with Crippen LogP contribution in [0.25, 0.3) is 5.53 Å². The van der Waals surface area contributed by atoms with Crippen LogP contribution in [0.4, 0.5) is 0 Å². The van der Waals surface area contributed by atoms with E-state index >= 15 is 0 Å². The minimum Gasteiger partial charge on any atom is -0.457 e. The second kappa shape index (κ2) is 4.89. The Hall–Kier alpha value is -2.00. The lowest BCUT2D eigenvalue weighted by molar-refractivity contribution is -0.139. The minimum absolute atomic E-state index is 0.116. The Morgan fingerprint density at radius 2 is 2.21 bits per heavy atom. The van der Waals surface area contributed by atoms with Crippen LogP contribution in [0.5, 0.6) is 0 Å². The molecule has 14 heavy (non-hydrogen) atoms. The maximum absolute atomic E-state index is 11.2. The molecule has 0 bridgehead atoms. The molecule has 0 fully saturated rings. The van der Waals surface area contributed by atoms with Gasteiger partial charge in [-0.3, -0.25) is 4.98 Å². The van der Waals surface area contributed by atoms with Crippen molar-refractivity contribution in [2.24, 2.45) is 0 Å². The monoisotopic (exact) mass is 191 g/mol. The summed E-state index contributed by atoms with van der Waals surface area (Å²) in [6.07, 6.45) is 3.00. The van der Waals surface area contributed by atoms with Crippen LogP contribution in [-0.4, -0.2) is 28.1 Å². The summed E-state index contributed by atoms with van der Waals surface area (Å²) in [6, 6.07) is 3.12. The van der Waals surface area contributed by atoms with Crippen molar-refractivity contribution < 1.29 is 14.3 Å². The summed E-state index contributed by atoms with van der Waals surface area (Å²) < 4.78 is 4.70. The van der Waals surface area contributed by atoms with Crippen LogP contribution in [0.15, 0.2) is 24.5 Å². The van der Waals surface area contributed by atoms with Crippen molar-refractivity contribution in [3.05, 3.63) is 35.6 Å². The number of carbonyl (C=O) groups excluding carboxylic acids is 1. The summed E-state index contributed by atoms with van der Waals surface area (Å²) in [5.41, 5.74) is 9.00. The lowest BCUT2D eigenvalue weighted by Gasteiger charge is -1.96. The van der Waals surface area contributed by atoms with Crippen molar-refractivity contribution in [1.29, 1.82) is 0 Å². The molecule has 0 saturated heterocycles. The van der Waals surface area contributed by atoms with Gasteiger partial charge in [-0.25, -0.2) is 4.79 Å². The summed E-state index contributed by atoms with van der Waals surface area (Å²) in [5.74, 6) is -0.652. The largest absolute Gasteiger partial charge is 0.457 e. The number of rotatable bonds is 3. The first kappa shape index (κ1) is 10.1. The Kier molecular flexibility index (Phi) is 3.52. The fourth-order valence-corrected chi connectivity index (χ4v) is 0.926. The van der Waals surface area contributed by atoms with Crippen molar-refractivity contribution in [3.63, 3.8) is 0 Å². The van der Waals surface area contributed by atoms with Gasteiger partial charge < -0.3 is 10.3 Å². The topological polar surface area (TPSA) is 75.6 Å². The van der Waals surface area contributed by atoms with E-state index in [2.05, 4.69) is 9.77 Å². The van der Waals surface area contributed by atoms with E-state index in [1.165, 1.54) is 12.4 Å². The third-order valence-electron chi connectivity index (χ3n) is 1.52. The minimum atomic E-state index is -0.652. The lowest BCUT2D eigenvalue weighted by atomic mass is 10.2. The van der Waals surface area contributed by atoms with Gasteiger partial charge in [0.05, 0.1) is 12.2 Å². The first-order chi connectivity index (χ1) is 6.79. The molecule has 0 N–H and O–H groups in total. The Morgan fingerprint density at radius 1 is 1.57 bits per heavy atom. The molecule has 1 aromatic rings. The zero-order valence-electron chi connectivity index (χ0n) is 7.67. The fourth-order valence-electron chi connectivity index (χ4n) is 0.926. The van der Waals surface area contributed by atoms with E-state index in [0.717, 1.165) is 0 Å². The second-order valence-corrected chi connectivity index (χ2v) is 2.40. The first-order valence-electron chi connectivity index (χ1n) is 4.09. The highest BCUT2D eigenvalue weighted by Gasteiger charge is 2.23. The highest BCUT2D eigenvalue weighted by atomic mass is 16.5. The van der Waals surface area contributed by atoms with Crippen LogP contribution >= 0.6 is 0 Å². The summed E-state index contributed by atoms with van der Waals surface area (Å²) in [4.78, 5) is 17.9. The molecule has 0 radical (unpaired) electrons. The Labute approximate surface area is 81.0 Å². The molecule has 0 saturated carbocycles. The summed E-state index contributed by atoms with van der Waals surface area (Å²) in [7, 11) is 0. The predicted molar refractivity (Wildman–Crippen MR) is 48.6 cm³/mol. The van der Waals surface area contributed by atoms with E-state index in [9.17, 15) is 4.79 Å². The second-order valence-electron chi connectivity index (χ2n) is 2.40. The van der Waals surface area contributed by atoms with Crippen LogP contribution in [0.2, 0.25) is 0 Å². The van der Waals surface area contributed by atoms with Crippen LogP contribution in [0, 0.1) is 0 Å². The van der Waals surface area contributed by atoms with Crippen LogP contribution in [0.1, 0.15) is 12.5 Å². The van der Waals surface area contributed by atoms with E-state index < -0.39 is 5.97 Å². The molecule has 1 aromatic heterocycles. The number of hydrogen-bond donors (Lipinski definition) is 0. The summed E-state index contributed by atoms with van der Waals surface area (Å²) in [6.45, 7) is 1.92. The van der Waals surface area contributed by atoms with E-state index in [-0.39, 0.29) is 12.3 Å². The Bertz CT molecular complexity index is 369. The molecule has 1 heterocycles. The van der Waals surface area contributed by atoms with E-state index in [1.807, 2.05) is 0 Å². The van der Waals surface area contributed by atoms with Gasteiger partial charge in [-0.1, -0.05) is 0 Å². The maximum Gasteiger partial charge on any atom is 0.422 e. The van der Waals surface area contributed by atoms with E-state index in [1.54, 1.807) is 19.1 Å². The van der Waals surface area contributed by atoms with Crippen molar-refractivity contribution in [2.75, 3.05) is 6.61 Å². The molecule has 0 aliphatic heterocycles. The molecule has 0 amide bonds. The van der Waals surface area contributed by atoms with Crippen molar-refractivity contribution >= 4 is 11.7 Å². The zero-order valence-corrected chi connectivity index (χ0v) is 7.67. The Balaban J connectivity index is 2.96. The first-order valence-corrected chi connectivity index (χ1v) is 4.09. The van der Waals surface area contributed by atoms with Crippen LogP contribution in [-0.2, 0) is 9.53 Å². The van der Waals surface area contributed by atoms with Gasteiger partial charge in [-0.05, 0) is 19.1 Å². The number of aromatic nitrogens is 1. The molecule has 5 heteroatoms. The van der Waals surface area contributed by atoms with Crippen molar-refractivity contribution in [2.45, 2.75) is 6.92 Å². The van der Waals surface area contributed by atoms with Gasteiger partial charge in [0.1, 0.15) is 0 Å². The quantitative estimate of drug-likeness (QED) is 0.305. The molecule has 72 valence electrons. The third-order valence-corrected chi connectivity index (χ3v) is 1.52. The van der Waals surface area contributed by atoms with Gasteiger partial charge >= 0.3 is 11.7 Å². The van der Waals surface area contributed by atoms with Gasteiger partial charge in [0, 0.05) is 12.4 Å². The van der Waals surface area contributed by atoms with E-state index in [4.69, 9.17) is 10.3 Å². The van der Waals surface area contributed by atoms with Gasteiger partial charge in [0.2, 0.25) is 0 Å². The molecule has 5 nitrogen and oxygen atoms in total. The average Bonchev–Trinajstić information content (AvgIpc) is 2.21. The smallest absolute Gasteiger partial charge is 0.422 e. The van der Waals surface area contributed by atoms with Crippen LogP contribution < -0.4 is 0 Å². The van der Waals surface area contributed by atoms with Gasteiger partial charge in [-0.2, -0.15) is 4.79 Å². The van der Waals surface area contributed by atoms with Gasteiger partial charge in [0.25, 0.3) is 0 Å². The molecular formula is C9H9N3O2. The highest BCUT2D eigenvalue weighted by molar-refractivity contribution is 6.40. The molecule has 0 aromatic carbocycles. The number of ether oxygens (including phenoxy) is 1. The van der Waals surface area contributed by atoms with Gasteiger partial charge in [0.15, 0.2) is 0 Å². The third kappa shape index (κ3) is 2.24. The molecule has 0 spiro atoms. The lowest BCUT2D eigenvalue weighted by Crippen LogP contribution is -2.19. The zero-order chi connectivity index (χ0) is 10.4. The SMILES string of the molecule is CCOC(=O)C(=[N+]=[N-])c1ccncc1. The number of carbonyl (C=O) groups is 1. The molecule has 0 unspecified atom stereocenters. The van der Waals surface area contributed by atoms with Crippen LogP contribution in [0.3, 0.4) is 0 Å². The molecule has 0 aliphatic carbocycles. The molecular weight excluding hydrogens is 182 g/mol. The predicted octanol–water partition coefficient (Wildman–Crippen LogP) is 0.664. The Morgan fingerprint density at radius 3 is 2.71 bits per heavy atom. The number of esters is 1. The molecule has 1 rings (SSSR count). The number of nitrogens with zero attached hydrogens (tertiary/aromatic N) is 3. The summed E-state index contributed by atoms with van der Waals surface area (Å²) in [5, 5.41) is 0. The number of hydrogen-bond acceptors (Lipinski definition) is 3. The summed E-state index contributed by atoms with van der Waals surface area (Å²) >= 11 is 0. The van der Waals surface area contributed by atoms with E-state index in [0.29, 0.717) is 5.56 Å². The molecule has 0 aliphatic rings. The van der Waals surface area contributed by atoms with Gasteiger partial charge in [-0.15, -0.1) is 0 Å². The maximum atomic E-state index is 11.2. The average molecular weight is 191 g/mol. The van der Waals surface area contributed by atoms with Crippen molar-refractivity contribution in [1.82, 2.24) is 4.98 Å². The highest BCUT2D eigenvalue weighted by Crippen LogP contribution is 1.98.